The van der Waals surface area contributed by atoms with Crippen molar-refractivity contribution < 1.29 is 4.74 Å². The van der Waals surface area contributed by atoms with Crippen LogP contribution in [-0.4, -0.2) is 14.8 Å². The van der Waals surface area contributed by atoms with E-state index in [1.165, 1.54) is 91.7 Å². The highest BCUT2D eigenvalue weighted by Gasteiger charge is 2.49. The lowest BCUT2D eigenvalue weighted by Crippen LogP contribution is -2.77. The topological polar surface area (TPSA) is 12.5 Å². The quantitative estimate of drug-likeness (QED) is 0.165. The Morgan fingerprint density at radius 2 is 1.08 bits per heavy atom. The first-order valence-corrected chi connectivity index (χ1v) is 23.6. The van der Waals surface area contributed by atoms with Crippen LogP contribution in [0.3, 0.4) is 0 Å². The molecule has 0 bridgehead atoms. The van der Waals surface area contributed by atoms with E-state index in [0.29, 0.717) is 0 Å². The molecule has 0 spiro atoms. The molecule has 5 heteroatoms. The van der Waals surface area contributed by atoms with E-state index in [1.54, 1.807) is 0 Å². The van der Waals surface area contributed by atoms with E-state index in [2.05, 4.69) is 211 Å². The summed E-state index contributed by atoms with van der Waals surface area (Å²) in [6, 6.07) is 77.2. The van der Waals surface area contributed by atoms with E-state index in [-0.39, 0.29) is 6.71 Å². The average Bonchev–Trinajstić information content (AvgIpc) is 3.69. The predicted octanol–water partition coefficient (Wildman–Crippen LogP) is 9.17. The lowest BCUT2D eigenvalue weighted by molar-refractivity contribution is 0.486. The van der Waals surface area contributed by atoms with Gasteiger partial charge in [-0.3, -0.25) is 0 Å². The van der Waals surface area contributed by atoms with Crippen molar-refractivity contribution in [3.63, 3.8) is 0 Å². The van der Waals surface area contributed by atoms with Gasteiger partial charge < -0.3 is 9.64 Å². The Labute approximate surface area is 355 Å². The molecule has 60 heavy (non-hydrogen) atoms. The molecule has 0 radical (unpaired) electrons. The van der Waals surface area contributed by atoms with Crippen molar-refractivity contribution in [1.82, 2.24) is 0 Å². The van der Waals surface area contributed by atoms with Gasteiger partial charge in [0.25, 0.3) is 6.71 Å². The van der Waals surface area contributed by atoms with Gasteiger partial charge in [0.15, 0.2) is 8.07 Å². The highest BCUT2D eigenvalue weighted by Crippen LogP contribution is 2.46. The lowest BCUT2D eigenvalue weighted by atomic mass is 9.35. The maximum absolute atomic E-state index is 6.96. The molecule has 280 valence electrons. The molecule has 0 fully saturated rings. The molecule has 13 rings (SSSR count). The van der Waals surface area contributed by atoms with Crippen molar-refractivity contribution in [2.45, 2.75) is 16.2 Å². The number of nitrogens with zero attached hydrogens (tertiary/aromatic N) is 1. The fourth-order valence-corrected chi connectivity index (χ4v) is 17.1. The second-order valence-corrected chi connectivity index (χ2v) is 21.2. The first-order chi connectivity index (χ1) is 29.7. The number of benzene rings is 9. The molecule has 9 aromatic rings. The second kappa shape index (κ2) is 13.1. The van der Waals surface area contributed by atoms with Crippen molar-refractivity contribution in [1.29, 1.82) is 0 Å². The molecule has 4 aliphatic rings. The van der Waals surface area contributed by atoms with Crippen LogP contribution in [0.15, 0.2) is 216 Å². The van der Waals surface area contributed by atoms with E-state index in [9.17, 15) is 0 Å². The molecule has 0 N–H and O–H groups in total. The molecule has 9 aromatic carbocycles. The second-order valence-electron chi connectivity index (χ2n) is 16.3. The SMILES string of the molecule is c1ccc([Si]2(c3ccccc3)c3ccccc3N(c3cc4c5c(c3)Sc3cc(-c6ccc7c(c6)-c6ccccc6C7)ccc3B5c3ccccc3O4)c3ccccc32)cc1. The molecule has 0 saturated heterocycles. The highest BCUT2D eigenvalue weighted by atomic mass is 32.2. The van der Waals surface area contributed by atoms with Crippen LogP contribution in [0.5, 0.6) is 11.5 Å². The minimum Gasteiger partial charge on any atom is -0.458 e. The fraction of sp³-hybridized carbons (Fsp3) is 0.0182. The summed E-state index contributed by atoms with van der Waals surface area (Å²) in [4.78, 5) is 5.04. The van der Waals surface area contributed by atoms with Crippen LogP contribution in [0.1, 0.15) is 11.1 Å². The van der Waals surface area contributed by atoms with Crippen molar-refractivity contribution in [2.24, 2.45) is 0 Å². The number of anilines is 3. The van der Waals surface area contributed by atoms with Gasteiger partial charge in [-0.15, -0.1) is 0 Å². The maximum atomic E-state index is 6.96. The number of fused-ring (bicyclic) bond motifs is 9. The third-order valence-electron chi connectivity index (χ3n) is 13.3. The molecular weight excluding hydrogens is 762 g/mol. The Balaban J connectivity index is 0.999. The number of para-hydroxylation sites is 3. The van der Waals surface area contributed by atoms with Crippen molar-refractivity contribution >= 4 is 80.7 Å². The van der Waals surface area contributed by atoms with Crippen molar-refractivity contribution in [3.8, 4) is 33.8 Å². The normalized spacial score (nSPS) is 14.4. The number of rotatable bonds is 4. The zero-order valence-electron chi connectivity index (χ0n) is 32.7. The lowest BCUT2D eigenvalue weighted by Gasteiger charge is -2.45. The molecule has 1 aliphatic carbocycles. The first kappa shape index (κ1) is 34.1. The van der Waals surface area contributed by atoms with Crippen LogP contribution in [0.4, 0.5) is 17.1 Å². The largest absolute Gasteiger partial charge is 0.458 e. The van der Waals surface area contributed by atoms with Gasteiger partial charge in [0.1, 0.15) is 11.5 Å². The van der Waals surface area contributed by atoms with Crippen LogP contribution in [0.25, 0.3) is 22.3 Å². The van der Waals surface area contributed by atoms with Gasteiger partial charge in [-0.1, -0.05) is 181 Å². The molecule has 0 saturated carbocycles. The van der Waals surface area contributed by atoms with Gasteiger partial charge >= 0.3 is 0 Å². The average molecular weight is 798 g/mol. The van der Waals surface area contributed by atoms with Gasteiger partial charge in [0, 0.05) is 27.2 Å². The maximum Gasteiger partial charge on any atom is 0.253 e. The van der Waals surface area contributed by atoms with Crippen LogP contribution < -0.4 is 46.8 Å². The molecule has 0 unspecified atom stereocenters. The summed E-state index contributed by atoms with van der Waals surface area (Å²) < 4.78 is 6.96. The Bertz CT molecular complexity index is 3130. The van der Waals surface area contributed by atoms with E-state index < -0.39 is 8.07 Å². The summed E-state index contributed by atoms with van der Waals surface area (Å²) in [6.45, 7) is 0.0725. The highest BCUT2D eigenvalue weighted by molar-refractivity contribution is 8.00. The van der Waals surface area contributed by atoms with Gasteiger partial charge in [0.05, 0.1) is 5.69 Å². The molecule has 0 atom stereocenters. The van der Waals surface area contributed by atoms with Gasteiger partial charge in [0.2, 0.25) is 0 Å². The van der Waals surface area contributed by atoms with E-state index >= 15 is 0 Å². The number of hydrogen-bond donors (Lipinski definition) is 0. The molecule has 0 aromatic heterocycles. The summed E-state index contributed by atoms with van der Waals surface area (Å²) in [5.41, 5.74) is 15.4. The Kier molecular flexibility index (Phi) is 7.45. The summed E-state index contributed by atoms with van der Waals surface area (Å²) >= 11 is 1.88. The molecule has 0 amide bonds. The Hall–Kier alpha value is -6.79. The Morgan fingerprint density at radius 3 is 1.85 bits per heavy atom. The van der Waals surface area contributed by atoms with Crippen molar-refractivity contribution in [3.05, 3.63) is 217 Å². The van der Waals surface area contributed by atoms with Gasteiger partial charge in [-0.2, -0.15) is 0 Å². The molecule has 3 aliphatic heterocycles. The van der Waals surface area contributed by atoms with Crippen molar-refractivity contribution in [2.75, 3.05) is 4.90 Å². The first-order valence-electron chi connectivity index (χ1n) is 20.8. The van der Waals surface area contributed by atoms with E-state index in [0.717, 1.165) is 23.6 Å². The minimum absolute atomic E-state index is 0.0725. The zero-order chi connectivity index (χ0) is 39.4. The number of hydrogen-bond acceptors (Lipinski definition) is 3. The monoisotopic (exact) mass is 797 g/mol. The molecule has 3 heterocycles. The van der Waals surface area contributed by atoms with Crippen LogP contribution in [-0.2, 0) is 6.42 Å². The third kappa shape index (κ3) is 4.85. The zero-order valence-corrected chi connectivity index (χ0v) is 34.5. The smallest absolute Gasteiger partial charge is 0.253 e. The predicted molar refractivity (Wildman–Crippen MR) is 254 cm³/mol. The minimum atomic E-state index is -2.74. The molecular formula is C55H36BNOSSi. The third-order valence-corrected chi connectivity index (χ3v) is 19.3. The van der Waals surface area contributed by atoms with Crippen LogP contribution >= 0.6 is 11.8 Å². The summed E-state index contributed by atoms with van der Waals surface area (Å²) in [7, 11) is -2.74. The number of ether oxygens (including phenoxy) is 1. The summed E-state index contributed by atoms with van der Waals surface area (Å²) in [6.07, 6.45) is 1.00. The molecule has 2 nitrogen and oxygen atoms in total. The standard InChI is InChI=1S/C55H36BNOSSi/c1-3-16-41(17-4-1)60(42-18-5-2-6-19-42)53-25-13-10-22-47(53)57(48-23-11-14-26-54(48)60)40-34-50-55-52(35-40)59-51-33-37(29-30-46(51)56(55)45-21-9-12-24-49(45)58-50)36-27-28-39-31-38-15-7-8-20-43(38)44(39)32-36/h1-30,32-35H,31H2. The fourth-order valence-electron chi connectivity index (χ4n) is 10.7. The Morgan fingerprint density at radius 1 is 0.467 bits per heavy atom. The van der Waals surface area contributed by atoms with Gasteiger partial charge in [-0.25, -0.2) is 0 Å². The van der Waals surface area contributed by atoms with E-state index in [1.807, 2.05) is 11.8 Å². The summed E-state index contributed by atoms with van der Waals surface area (Å²) in [5.74, 6) is 1.86. The summed E-state index contributed by atoms with van der Waals surface area (Å²) in [5, 5.41) is 5.54. The van der Waals surface area contributed by atoms with Gasteiger partial charge in [-0.05, 0) is 108 Å². The van der Waals surface area contributed by atoms with Crippen LogP contribution in [0, 0.1) is 0 Å². The van der Waals surface area contributed by atoms with E-state index in [4.69, 9.17) is 4.74 Å². The van der Waals surface area contributed by atoms with Crippen LogP contribution in [0.2, 0.25) is 0 Å².